The lowest BCUT2D eigenvalue weighted by atomic mass is 10.1. The molecular formula is C27H33ClF3N5O6S. The van der Waals surface area contributed by atoms with Crippen LogP contribution in [-0.2, 0) is 9.47 Å². The number of aromatic nitrogens is 3. The van der Waals surface area contributed by atoms with Gasteiger partial charge in [-0.25, -0.2) is 4.79 Å². The van der Waals surface area contributed by atoms with E-state index in [1.807, 2.05) is 6.26 Å². The number of carbonyl (C=O) groups excluding carboxylic acids is 2. The van der Waals surface area contributed by atoms with Gasteiger partial charge in [-0.2, -0.15) is 11.8 Å². The second-order valence-electron chi connectivity index (χ2n) is 10.2. The molecule has 236 valence electrons. The molecule has 2 heterocycles. The van der Waals surface area contributed by atoms with Crippen LogP contribution >= 0.6 is 23.4 Å². The topological polar surface area (TPSA) is 129 Å². The van der Waals surface area contributed by atoms with Crippen LogP contribution in [0.5, 0.6) is 6.08 Å². The largest absolute Gasteiger partial charge is 0.522 e. The van der Waals surface area contributed by atoms with Crippen molar-refractivity contribution in [2.75, 3.05) is 38.3 Å². The number of hydrogen-bond donors (Lipinski definition) is 1. The third kappa shape index (κ3) is 11.4. The van der Waals surface area contributed by atoms with Crippen molar-refractivity contribution in [1.29, 1.82) is 0 Å². The average Bonchev–Trinajstić information content (AvgIpc) is 3.38. The number of hydrogen-bond acceptors (Lipinski definition) is 10. The number of nitrogens with zero attached hydrogens (tertiary/aromatic N) is 4. The smallest absolute Gasteiger partial charge is 0.447 e. The van der Waals surface area contributed by atoms with E-state index in [9.17, 15) is 22.8 Å². The summed E-state index contributed by atoms with van der Waals surface area (Å²) < 4.78 is 56.7. The van der Waals surface area contributed by atoms with Gasteiger partial charge in [0.1, 0.15) is 18.2 Å². The van der Waals surface area contributed by atoms with Crippen molar-refractivity contribution in [2.45, 2.75) is 51.6 Å². The molecule has 0 radical (unpaired) electrons. The Hall–Kier alpha value is -3.30. The van der Waals surface area contributed by atoms with Crippen molar-refractivity contribution in [1.82, 2.24) is 25.4 Å². The molecular weight excluding hydrogens is 615 g/mol. The SMILES string of the molecule is CSCCC[C@H](c1nnc(OCCOC(F)(F)F)o1)N(CCNC(=O)c1cnc2ccc(Cl)cc2c1)C(=O)OC(C)(C)C. The molecule has 0 unspecified atom stereocenters. The number of thioether (sulfide) groups is 1. The number of rotatable bonds is 14. The number of alkyl halides is 3. The third-order valence-electron chi connectivity index (χ3n) is 5.66. The normalized spacial score (nSPS) is 12.7. The van der Waals surface area contributed by atoms with Crippen LogP contribution in [0.4, 0.5) is 18.0 Å². The van der Waals surface area contributed by atoms with Gasteiger partial charge in [0.25, 0.3) is 5.91 Å². The molecule has 0 saturated carbocycles. The number of carbonyl (C=O) groups is 2. The molecule has 2 amide bonds. The molecule has 0 bridgehead atoms. The fourth-order valence-corrected chi connectivity index (χ4v) is 4.48. The lowest BCUT2D eigenvalue weighted by Crippen LogP contribution is -2.43. The predicted octanol–water partition coefficient (Wildman–Crippen LogP) is 6.04. The van der Waals surface area contributed by atoms with Gasteiger partial charge in [-0.1, -0.05) is 16.7 Å². The van der Waals surface area contributed by atoms with Crippen molar-refractivity contribution < 1.29 is 41.4 Å². The summed E-state index contributed by atoms with van der Waals surface area (Å²) in [6, 6.07) is 6.05. The summed E-state index contributed by atoms with van der Waals surface area (Å²) in [5.74, 6) is 0.355. The Balaban J connectivity index is 1.76. The number of ether oxygens (including phenoxy) is 3. The first-order chi connectivity index (χ1) is 20.3. The Bertz CT molecular complexity index is 1370. The first kappa shape index (κ1) is 34.2. The summed E-state index contributed by atoms with van der Waals surface area (Å²) in [4.78, 5) is 32.0. The Morgan fingerprint density at radius 1 is 1.16 bits per heavy atom. The molecule has 1 N–H and O–H groups in total. The van der Waals surface area contributed by atoms with Crippen LogP contribution in [0.2, 0.25) is 5.02 Å². The average molecular weight is 648 g/mol. The fraction of sp³-hybridized carbons (Fsp3) is 0.519. The van der Waals surface area contributed by atoms with E-state index in [-0.39, 0.29) is 25.1 Å². The summed E-state index contributed by atoms with van der Waals surface area (Å²) in [7, 11) is 0. The van der Waals surface area contributed by atoms with E-state index in [4.69, 9.17) is 25.5 Å². The molecule has 0 saturated heterocycles. The van der Waals surface area contributed by atoms with Crippen LogP contribution in [0.3, 0.4) is 0 Å². The minimum Gasteiger partial charge on any atom is -0.447 e. The molecule has 0 aliphatic carbocycles. The highest BCUT2D eigenvalue weighted by atomic mass is 35.5. The fourth-order valence-electron chi connectivity index (χ4n) is 3.85. The molecule has 1 atom stereocenters. The van der Waals surface area contributed by atoms with Gasteiger partial charge in [0.15, 0.2) is 0 Å². The number of nitrogens with one attached hydrogen (secondary N) is 1. The van der Waals surface area contributed by atoms with E-state index in [0.29, 0.717) is 34.3 Å². The van der Waals surface area contributed by atoms with Crippen LogP contribution in [0, 0.1) is 0 Å². The van der Waals surface area contributed by atoms with Crippen LogP contribution in [-0.4, -0.2) is 82.4 Å². The predicted molar refractivity (Wildman–Crippen MR) is 154 cm³/mol. The maximum Gasteiger partial charge on any atom is 0.522 e. The maximum absolute atomic E-state index is 13.4. The van der Waals surface area contributed by atoms with Gasteiger partial charge < -0.3 is 19.2 Å². The summed E-state index contributed by atoms with van der Waals surface area (Å²) in [5, 5.41) is 11.7. The standard InChI is InChI=1S/C27H33ClF3N5O6S/c1-26(2,3)42-25(38)36(10-9-32-22(37)18-14-17-15-19(28)7-8-20(17)33-16-18)21(6-5-13-43-4)23-34-35-24(41-23)39-11-12-40-27(29,30)31/h7-8,14-16,21H,5-6,9-13H2,1-4H3,(H,32,37)/t21-/m1/s1. The Morgan fingerprint density at radius 3 is 2.63 bits per heavy atom. The quantitative estimate of drug-likeness (QED) is 0.207. The minimum atomic E-state index is -4.80. The lowest BCUT2D eigenvalue weighted by molar-refractivity contribution is -0.325. The van der Waals surface area contributed by atoms with E-state index in [1.54, 1.807) is 56.8 Å². The molecule has 43 heavy (non-hydrogen) atoms. The van der Waals surface area contributed by atoms with E-state index in [1.165, 1.54) is 11.1 Å². The van der Waals surface area contributed by atoms with Crippen LogP contribution in [0.25, 0.3) is 10.9 Å². The van der Waals surface area contributed by atoms with Crippen molar-refractivity contribution in [2.24, 2.45) is 0 Å². The number of pyridine rings is 1. The van der Waals surface area contributed by atoms with Gasteiger partial charge in [0.2, 0.25) is 5.89 Å². The number of benzene rings is 1. The van der Waals surface area contributed by atoms with E-state index in [0.717, 1.165) is 5.75 Å². The first-order valence-electron chi connectivity index (χ1n) is 13.2. The van der Waals surface area contributed by atoms with E-state index in [2.05, 4.69) is 25.2 Å². The van der Waals surface area contributed by atoms with Crippen molar-refractivity contribution in [3.05, 3.63) is 46.9 Å². The minimum absolute atomic E-state index is 0.000589. The molecule has 16 heteroatoms. The van der Waals surface area contributed by atoms with Gasteiger partial charge in [-0.3, -0.25) is 19.4 Å². The molecule has 2 aromatic heterocycles. The molecule has 1 aromatic carbocycles. The van der Waals surface area contributed by atoms with E-state index >= 15 is 0 Å². The second kappa shape index (κ2) is 15.4. The summed E-state index contributed by atoms with van der Waals surface area (Å²) in [5.41, 5.74) is 0.159. The van der Waals surface area contributed by atoms with Gasteiger partial charge in [-0.15, -0.1) is 18.3 Å². The van der Waals surface area contributed by atoms with Gasteiger partial charge in [-0.05, 0) is 69.9 Å². The molecule has 3 aromatic rings. The molecule has 0 aliphatic heterocycles. The zero-order chi connectivity index (χ0) is 31.6. The van der Waals surface area contributed by atoms with Gasteiger partial charge >= 0.3 is 18.5 Å². The highest BCUT2D eigenvalue weighted by Gasteiger charge is 2.33. The van der Waals surface area contributed by atoms with Crippen molar-refractivity contribution in [3.63, 3.8) is 0 Å². The Morgan fingerprint density at radius 2 is 1.93 bits per heavy atom. The first-order valence-corrected chi connectivity index (χ1v) is 15.0. The summed E-state index contributed by atoms with van der Waals surface area (Å²) in [6.45, 7) is 3.93. The highest BCUT2D eigenvalue weighted by molar-refractivity contribution is 7.98. The number of amides is 2. The molecule has 0 spiro atoms. The summed E-state index contributed by atoms with van der Waals surface area (Å²) >= 11 is 7.68. The number of halogens is 4. The molecule has 0 aliphatic rings. The second-order valence-corrected chi connectivity index (χ2v) is 11.6. The molecule has 0 fully saturated rings. The van der Waals surface area contributed by atoms with Crippen LogP contribution in [0.15, 0.2) is 34.9 Å². The Kier molecular flexibility index (Phi) is 12.3. The van der Waals surface area contributed by atoms with Crippen molar-refractivity contribution >= 4 is 46.3 Å². The maximum atomic E-state index is 13.4. The highest BCUT2D eigenvalue weighted by Crippen LogP contribution is 2.29. The van der Waals surface area contributed by atoms with Gasteiger partial charge in [0, 0.05) is 29.7 Å². The van der Waals surface area contributed by atoms with Gasteiger partial charge in [0.05, 0.1) is 17.7 Å². The monoisotopic (exact) mass is 647 g/mol. The molecule has 11 nitrogen and oxygen atoms in total. The van der Waals surface area contributed by atoms with E-state index < -0.39 is 43.2 Å². The zero-order valence-electron chi connectivity index (χ0n) is 24.1. The van der Waals surface area contributed by atoms with Crippen molar-refractivity contribution in [3.8, 4) is 6.08 Å². The number of fused-ring (bicyclic) bond motifs is 1. The van der Waals surface area contributed by atoms with Crippen LogP contribution < -0.4 is 10.1 Å². The lowest BCUT2D eigenvalue weighted by Gasteiger charge is -2.32. The Labute approximate surface area is 255 Å². The molecule has 3 rings (SSSR count). The van der Waals surface area contributed by atoms with Crippen LogP contribution in [0.1, 0.15) is 55.9 Å². The third-order valence-corrected chi connectivity index (χ3v) is 6.59. The summed E-state index contributed by atoms with van der Waals surface area (Å²) in [6.07, 6.45) is -1.43. The zero-order valence-corrected chi connectivity index (χ0v) is 25.6.